The predicted molar refractivity (Wildman–Crippen MR) is 117 cm³/mol. The Morgan fingerprint density at radius 3 is 2.41 bits per heavy atom. The number of nitrogens with one attached hydrogen (secondary N) is 2. The molecule has 1 atom stereocenters. The Morgan fingerprint density at radius 1 is 1.24 bits per heavy atom. The molecule has 11 heteroatoms. The number of carbonyl (C=O) groups is 1. The zero-order valence-electron chi connectivity index (χ0n) is 17.5. The number of likely N-dealkylation sites (tertiary alicyclic amines) is 1. The van der Waals surface area contributed by atoms with Gasteiger partial charge in [-0.1, -0.05) is 0 Å². The maximum absolute atomic E-state index is 12.5. The lowest BCUT2D eigenvalue weighted by Crippen LogP contribution is -2.48. The molecule has 0 radical (unpaired) electrons. The minimum absolute atomic E-state index is 0. The van der Waals surface area contributed by atoms with Crippen molar-refractivity contribution in [3.8, 4) is 0 Å². The molecule has 0 aromatic carbocycles. The van der Waals surface area contributed by atoms with E-state index >= 15 is 0 Å². The van der Waals surface area contributed by atoms with Gasteiger partial charge in [-0.3, -0.25) is 9.89 Å². The highest BCUT2D eigenvalue weighted by atomic mass is 127. The molecule has 0 bridgehead atoms. The molecule has 1 amide bonds. The number of guanidine groups is 1. The Morgan fingerprint density at radius 2 is 1.90 bits per heavy atom. The monoisotopic (exact) mass is 535 g/mol. The minimum Gasteiger partial charge on any atom is -0.444 e. The Hall–Kier alpha value is -0.980. The van der Waals surface area contributed by atoms with Gasteiger partial charge in [-0.2, -0.15) is 13.2 Å². The summed E-state index contributed by atoms with van der Waals surface area (Å²) >= 11 is 0. The van der Waals surface area contributed by atoms with Crippen LogP contribution in [-0.4, -0.2) is 85.5 Å². The van der Waals surface area contributed by atoms with E-state index in [4.69, 9.17) is 4.74 Å². The molecular formula is C18H33F3IN5O2. The van der Waals surface area contributed by atoms with Crippen LogP contribution in [0.25, 0.3) is 0 Å². The summed E-state index contributed by atoms with van der Waals surface area (Å²) in [5, 5.41) is 6.30. The van der Waals surface area contributed by atoms with Gasteiger partial charge in [0.1, 0.15) is 5.60 Å². The zero-order chi connectivity index (χ0) is 20.9. The number of ether oxygens (including phenoxy) is 1. The molecule has 0 aromatic heterocycles. The number of carbonyl (C=O) groups excluding carboxylic acids is 1. The molecule has 170 valence electrons. The summed E-state index contributed by atoms with van der Waals surface area (Å²) in [6.07, 6.45) is -1.92. The second-order valence-corrected chi connectivity index (χ2v) is 8.38. The van der Waals surface area contributed by atoms with Crippen LogP contribution in [0, 0.1) is 0 Å². The van der Waals surface area contributed by atoms with Crippen LogP contribution in [0.2, 0.25) is 0 Å². The summed E-state index contributed by atoms with van der Waals surface area (Å²) in [5.74, 6) is 0.527. The van der Waals surface area contributed by atoms with Gasteiger partial charge in [0.2, 0.25) is 0 Å². The Balaban J connectivity index is 0.00000420. The molecule has 1 aliphatic heterocycles. The largest absolute Gasteiger partial charge is 0.444 e. The molecule has 2 fully saturated rings. The van der Waals surface area contributed by atoms with Gasteiger partial charge in [-0.15, -0.1) is 24.0 Å². The number of nitrogens with zero attached hydrogens (tertiary/aromatic N) is 3. The summed E-state index contributed by atoms with van der Waals surface area (Å²) in [7, 11) is 1.62. The fourth-order valence-corrected chi connectivity index (χ4v) is 3.16. The van der Waals surface area contributed by atoms with Crippen molar-refractivity contribution in [1.29, 1.82) is 0 Å². The quantitative estimate of drug-likeness (QED) is 0.311. The van der Waals surface area contributed by atoms with Crippen LogP contribution in [0.15, 0.2) is 4.99 Å². The molecule has 0 aromatic rings. The number of hydrogen-bond donors (Lipinski definition) is 2. The van der Waals surface area contributed by atoms with Crippen LogP contribution in [0.1, 0.15) is 40.0 Å². The lowest BCUT2D eigenvalue weighted by Gasteiger charge is -2.28. The fourth-order valence-electron chi connectivity index (χ4n) is 3.16. The van der Waals surface area contributed by atoms with Gasteiger partial charge in [0, 0.05) is 45.3 Å². The minimum atomic E-state index is -4.18. The summed E-state index contributed by atoms with van der Waals surface area (Å²) in [6, 6.07) is 0.135. The number of alkyl halides is 3. The molecule has 1 heterocycles. The molecule has 1 saturated heterocycles. The number of aliphatic imine (C=N–C) groups is 1. The van der Waals surface area contributed by atoms with Crippen LogP contribution in [0.5, 0.6) is 0 Å². The van der Waals surface area contributed by atoms with E-state index in [1.807, 2.05) is 20.8 Å². The average Bonchev–Trinajstić information content (AvgIpc) is 3.28. The molecule has 2 aliphatic rings. The molecule has 7 nitrogen and oxygen atoms in total. The van der Waals surface area contributed by atoms with Crippen molar-refractivity contribution >= 4 is 36.0 Å². The van der Waals surface area contributed by atoms with Gasteiger partial charge in [0.15, 0.2) is 5.96 Å². The number of halogens is 4. The van der Waals surface area contributed by atoms with E-state index in [9.17, 15) is 18.0 Å². The average molecular weight is 535 g/mol. The molecule has 29 heavy (non-hydrogen) atoms. The lowest BCUT2D eigenvalue weighted by atomic mass is 10.2. The summed E-state index contributed by atoms with van der Waals surface area (Å²) in [5.41, 5.74) is -0.542. The Bertz CT molecular complexity index is 565. The first-order valence-corrected chi connectivity index (χ1v) is 9.73. The second kappa shape index (κ2) is 10.9. The van der Waals surface area contributed by atoms with Gasteiger partial charge < -0.3 is 20.3 Å². The van der Waals surface area contributed by atoms with E-state index in [1.165, 1.54) is 4.90 Å². The molecule has 0 spiro atoms. The molecule has 1 saturated carbocycles. The Kier molecular flexibility index (Phi) is 9.77. The van der Waals surface area contributed by atoms with E-state index in [-0.39, 0.29) is 42.2 Å². The van der Waals surface area contributed by atoms with Crippen LogP contribution in [0.3, 0.4) is 0 Å². The lowest BCUT2D eigenvalue weighted by molar-refractivity contribution is -0.143. The van der Waals surface area contributed by atoms with E-state index < -0.39 is 18.3 Å². The summed E-state index contributed by atoms with van der Waals surface area (Å²) in [6.45, 7) is 6.31. The van der Waals surface area contributed by atoms with Crippen molar-refractivity contribution in [2.75, 3.05) is 39.8 Å². The summed E-state index contributed by atoms with van der Waals surface area (Å²) in [4.78, 5) is 19.6. The van der Waals surface area contributed by atoms with Gasteiger partial charge in [-0.05, 0) is 40.0 Å². The molecule has 1 aliphatic carbocycles. The highest BCUT2D eigenvalue weighted by Gasteiger charge is 2.36. The van der Waals surface area contributed by atoms with Crippen LogP contribution < -0.4 is 10.6 Å². The highest BCUT2D eigenvalue weighted by molar-refractivity contribution is 14.0. The second-order valence-electron chi connectivity index (χ2n) is 8.38. The predicted octanol–water partition coefficient (Wildman–Crippen LogP) is 2.81. The van der Waals surface area contributed by atoms with Crippen molar-refractivity contribution in [2.45, 2.75) is 63.9 Å². The first-order valence-electron chi connectivity index (χ1n) is 9.73. The smallest absolute Gasteiger partial charge is 0.410 e. The zero-order valence-corrected chi connectivity index (χ0v) is 19.8. The SMILES string of the molecule is CN=C(NCCN(C(=O)OC(C)(C)C)C1CC1)NC1CCN(CC(F)(F)F)C1.I. The molecule has 1 unspecified atom stereocenters. The van der Waals surface area contributed by atoms with Gasteiger partial charge in [0.25, 0.3) is 0 Å². The molecule has 2 N–H and O–H groups in total. The van der Waals surface area contributed by atoms with E-state index in [0.717, 1.165) is 12.8 Å². The third-order valence-corrected chi connectivity index (χ3v) is 4.50. The van der Waals surface area contributed by atoms with Crippen molar-refractivity contribution < 1.29 is 22.7 Å². The van der Waals surface area contributed by atoms with Crippen LogP contribution >= 0.6 is 24.0 Å². The van der Waals surface area contributed by atoms with Gasteiger partial charge in [-0.25, -0.2) is 4.79 Å². The van der Waals surface area contributed by atoms with Crippen molar-refractivity contribution in [2.24, 2.45) is 4.99 Å². The topological polar surface area (TPSA) is 69.2 Å². The van der Waals surface area contributed by atoms with Crippen molar-refractivity contribution in [3.05, 3.63) is 0 Å². The standard InChI is InChI=1S/C18H32F3N5O2.HI/c1-17(2,3)28-16(27)26(14-5-6-14)10-8-23-15(22-4)24-13-7-9-25(11-13)12-18(19,20)21;/h13-14H,5-12H2,1-4H3,(H2,22,23,24);1H. The van der Waals surface area contributed by atoms with Gasteiger partial charge >= 0.3 is 12.3 Å². The van der Waals surface area contributed by atoms with Crippen molar-refractivity contribution in [3.63, 3.8) is 0 Å². The highest BCUT2D eigenvalue weighted by Crippen LogP contribution is 2.28. The number of hydrogen-bond acceptors (Lipinski definition) is 4. The Labute approximate surface area is 187 Å². The van der Waals surface area contributed by atoms with E-state index in [0.29, 0.717) is 38.6 Å². The molecular weight excluding hydrogens is 502 g/mol. The first-order chi connectivity index (χ1) is 13.0. The maximum Gasteiger partial charge on any atom is 0.410 e. The van der Waals surface area contributed by atoms with Crippen LogP contribution in [-0.2, 0) is 4.74 Å². The number of rotatable bonds is 6. The van der Waals surface area contributed by atoms with E-state index in [2.05, 4.69) is 15.6 Å². The van der Waals surface area contributed by atoms with Crippen LogP contribution in [0.4, 0.5) is 18.0 Å². The fraction of sp³-hybridized carbons (Fsp3) is 0.889. The first kappa shape index (κ1) is 26.1. The van der Waals surface area contributed by atoms with Crippen molar-refractivity contribution in [1.82, 2.24) is 20.4 Å². The molecule has 2 rings (SSSR count). The third kappa shape index (κ3) is 10.1. The third-order valence-electron chi connectivity index (χ3n) is 4.50. The maximum atomic E-state index is 12.5. The number of amides is 1. The normalized spacial score (nSPS) is 20.8. The summed E-state index contributed by atoms with van der Waals surface area (Å²) < 4.78 is 43.0. The van der Waals surface area contributed by atoms with Gasteiger partial charge in [0.05, 0.1) is 6.54 Å². The van der Waals surface area contributed by atoms with E-state index in [1.54, 1.807) is 11.9 Å².